The van der Waals surface area contributed by atoms with Crippen LogP contribution in [0.1, 0.15) is 24.0 Å². The number of benzene rings is 1. The lowest BCUT2D eigenvalue weighted by atomic mass is 10.1. The summed E-state index contributed by atoms with van der Waals surface area (Å²) in [6.07, 6.45) is 3.38. The Morgan fingerprint density at radius 2 is 2.08 bits per heavy atom. The minimum atomic E-state index is 0.0461. The Hall–Kier alpha value is -1.79. The molecule has 2 saturated heterocycles. The first-order valence-electron chi connectivity index (χ1n) is 9.39. The molecule has 25 heavy (non-hydrogen) atoms. The largest absolute Gasteiger partial charge is 0.493 e. The molecule has 1 aromatic carbocycles. The molecular formula is C19H27N3O3. The van der Waals surface area contributed by atoms with E-state index in [2.05, 4.69) is 28.4 Å². The lowest BCUT2D eigenvalue weighted by Crippen LogP contribution is -2.52. The van der Waals surface area contributed by atoms with Crippen LogP contribution in [0.15, 0.2) is 18.2 Å². The first-order valence-corrected chi connectivity index (χ1v) is 9.39. The van der Waals surface area contributed by atoms with Crippen LogP contribution in [0, 0.1) is 0 Å². The second kappa shape index (κ2) is 7.62. The van der Waals surface area contributed by atoms with E-state index >= 15 is 0 Å². The van der Waals surface area contributed by atoms with E-state index < -0.39 is 0 Å². The van der Waals surface area contributed by atoms with Crippen LogP contribution in [0.3, 0.4) is 0 Å². The monoisotopic (exact) mass is 345 g/mol. The van der Waals surface area contributed by atoms with Gasteiger partial charge in [0.1, 0.15) is 5.75 Å². The Kier molecular flexibility index (Phi) is 5.08. The number of nitrogens with one attached hydrogen (secondary N) is 1. The fourth-order valence-electron chi connectivity index (χ4n) is 3.82. The molecule has 2 amide bonds. The van der Waals surface area contributed by atoms with Gasteiger partial charge in [0.15, 0.2) is 0 Å². The molecule has 0 radical (unpaired) electrons. The third kappa shape index (κ3) is 4.07. The molecule has 1 atom stereocenters. The molecule has 4 rings (SSSR count). The Morgan fingerprint density at radius 3 is 2.88 bits per heavy atom. The number of fused-ring (bicyclic) bond motifs is 1. The van der Waals surface area contributed by atoms with Crippen molar-refractivity contribution in [2.24, 2.45) is 0 Å². The van der Waals surface area contributed by atoms with Crippen molar-refractivity contribution in [1.82, 2.24) is 15.1 Å². The van der Waals surface area contributed by atoms with Crippen LogP contribution >= 0.6 is 0 Å². The molecule has 6 heteroatoms. The number of hydrogen-bond acceptors (Lipinski definition) is 4. The van der Waals surface area contributed by atoms with Gasteiger partial charge in [0.05, 0.1) is 12.7 Å². The number of piperazine rings is 1. The highest BCUT2D eigenvalue weighted by Crippen LogP contribution is 2.26. The molecule has 2 fully saturated rings. The molecule has 0 aromatic heterocycles. The second-order valence-electron chi connectivity index (χ2n) is 7.12. The zero-order valence-corrected chi connectivity index (χ0v) is 14.7. The molecule has 0 aliphatic carbocycles. The lowest BCUT2D eigenvalue weighted by Gasteiger charge is -2.35. The zero-order chi connectivity index (χ0) is 17.1. The van der Waals surface area contributed by atoms with E-state index in [-0.39, 0.29) is 12.1 Å². The van der Waals surface area contributed by atoms with Crippen LogP contribution in [0.4, 0.5) is 4.79 Å². The minimum absolute atomic E-state index is 0.0461. The molecule has 0 unspecified atom stereocenters. The van der Waals surface area contributed by atoms with Crippen LogP contribution in [0.25, 0.3) is 0 Å². The minimum Gasteiger partial charge on any atom is -0.493 e. The number of amides is 2. The number of carbonyl (C=O) groups is 1. The highest BCUT2D eigenvalue weighted by atomic mass is 16.5. The third-order valence-electron chi connectivity index (χ3n) is 5.32. The highest BCUT2D eigenvalue weighted by molar-refractivity contribution is 5.74. The molecule has 3 aliphatic rings. The molecule has 0 spiro atoms. The van der Waals surface area contributed by atoms with Crippen LogP contribution in [-0.4, -0.2) is 67.9 Å². The van der Waals surface area contributed by atoms with E-state index in [0.29, 0.717) is 6.54 Å². The van der Waals surface area contributed by atoms with Crippen molar-refractivity contribution in [3.63, 3.8) is 0 Å². The summed E-state index contributed by atoms with van der Waals surface area (Å²) >= 11 is 0. The summed E-state index contributed by atoms with van der Waals surface area (Å²) in [6.45, 7) is 6.61. The molecule has 1 N–H and O–H groups in total. The summed E-state index contributed by atoms with van der Waals surface area (Å²) in [5.41, 5.74) is 2.66. The van der Waals surface area contributed by atoms with Gasteiger partial charge in [0, 0.05) is 52.3 Å². The van der Waals surface area contributed by atoms with E-state index in [9.17, 15) is 4.79 Å². The summed E-state index contributed by atoms with van der Waals surface area (Å²) < 4.78 is 11.1. The van der Waals surface area contributed by atoms with E-state index in [4.69, 9.17) is 9.47 Å². The third-order valence-corrected chi connectivity index (χ3v) is 5.32. The van der Waals surface area contributed by atoms with Crippen molar-refractivity contribution in [3.8, 4) is 5.75 Å². The smallest absolute Gasteiger partial charge is 0.317 e. The molecule has 0 saturated carbocycles. The van der Waals surface area contributed by atoms with E-state index in [1.165, 1.54) is 11.1 Å². The molecule has 3 aliphatic heterocycles. The number of rotatable bonds is 4. The first-order chi connectivity index (χ1) is 12.3. The topological polar surface area (TPSA) is 54.0 Å². The molecule has 136 valence electrons. The summed E-state index contributed by atoms with van der Waals surface area (Å²) in [6, 6.07) is 6.56. The van der Waals surface area contributed by atoms with Crippen molar-refractivity contribution in [2.75, 3.05) is 45.9 Å². The quantitative estimate of drug-likeness (QED) is 0.901. The van der Waals surface area contributed by atoms with Gasteiger partial charge in [-0.05, 0) is 30.0 Å². The van der Waals surface area contributed by atoms with Crippen molar-refractivity contribution < 1.29 is 14.3 Å². The normalized spacial score (nSPS) is 23.4. The van der Waals surface area contributed by atoms with Gasteiger partial charge < -0.3 is 19.7 Å². The number of hydrogen-bond donors (Lipinski definition) is 1. The molecule has 0 bridgehead atoms. The predicted octanol–water partition coefficient (Wildman–Crippen LogP) is 1.63. The molecule has 1 aromatic rings. The maximum atomic E-state index is 12.3. The molecular weight excluding hydrogens is 318 g/mol. The Morgan fingerprint density at radius 1 is 1.20 bits per heavy atom. The van der Waals surface area contributed by atoms with Crippen LogP contribution < -0.4 is 10.1 Å². The average Bonchev–Trinajstić information content (AvgIpc) is 3.31. The number of carbonyl (C=O) groups excluding carboxylic acids is 1. The first kappa shape index (κ1) is 16.7. The lowest BCUT2D eigenvalue weighted by molar-refractivity contribution is 0.104. The van der Waals surface area contributed by atoms with Gasteiger partial charge >= 0.3 is 6.03 Å². The summed E-state index contributed by atoms with van der Waals surface area (Å²) in [5, 5.41) is 3.02. The van der Waals surface area contributed by atoms with Gasteiger partial charge in [0.2, 0.25) is 0 Å². The van der Waals surface area contributed by atoms with E-state index in [0.717, 1.165) is 70.9 Å². The second-order valence-corrected chi connectivity index (χ2v) is 7.12. The maximum Gasteiger partial charge on any atom is 0.317 e. The summed E-state index contributed by atoms with van der Waals surface area (Å²) in [4.78, 5) is 16.6. The van der Waals surface area contributed by atoms with E-state index in [1.54, 1.807) is 0 Å². The fraction of sp³-hybridized carbons (Fsp3) is 0.632. The van der Waals surface area contributed by atoms with E-state index in [1.807, 2.05) is 4.90 Å². The van der Waals surface area contributed by atoms with Crippen molar-refractivity contribution in [3.05, 3.63) is 29.3 Å². The predicted molar refractivity (Wildman–Crippen MR) is 94.9 cm³/mol. The van der Waals surface area contributed by atoms with Crippen molar-refractivity contribution in [1.29, 1.82) is 0 Å². The van der Waals surface area contributed by atoms with Crippen molar-refractivity contribution in [2.45, 2.75) is 31.9 Å². The SMILES string of the molecule is O=C(NC[C@@H]1CCCO1)N1CCN(Cc2ccc3c(c2)CCO3)CC1. The molecule has 3 heterocycles. The standard InChI is InChI=1S/C19H27N3O3/c23-19(20-13-17-2-1-10-24-17)22-8-6-21(7-9-22)14-15-3-4-18-16(12-15)5-11-25-18/h3-4,12,17H,1-2,5-11,13-14H2,(H,20,23)/t17-/m0/s1. The van der Waals surface area contributed by atoms with Gasteiger partial charge in [-0.1, -0.05) is 12.1 Å². The number of urea groups is 1. The van der Waals surface area contributed by atoms with Crippen LogP contribution in [0.5, 0.6) is 5.75 Å². The van der Waals surface area contributed by atoms with Crippen molar-refractivity contribution >= 4 is 6.03 Å². The van der Waals surface area contributed by atoms with Gasteiger partial charge in [0.25, 0.3) is 0 Å². The number of ether oxygens (including phenoxy) is 2. The Balaban J connectivity index is 1.22. The number of nitrogens with zero attached hydrogens (tertiary/aromatic N) is 2. The average molecular weight is 345 g/mol. The van der Waals surface area contributed by atoms with Crippen LogP contribution in [-0.2, 0) is 17.7 Å². The van der Waals surface area contributed by atoms with Crippen LogP contribution in [0.2, 0.25) is 0 Å². The summed E-state index contributed by atoms with van der Waals surface area (Å²) in [7, 11) is 0. The highest BCUT2D eigenvalue weighted by Gasteiger charge is 2.23. The Labute approximate surface area is 149 Å². The van der Waals surface area contributed by atoms with Gasteiger partial charge in [-0.2, -0.15) is 0 Å². The van der Waals surface area contributed by atoms with Gasteiger partial charge in [-0.25, -0.2) is 4.79 Å². The maximum absolute atomic E-state index is 12.3. The summed E-state index contributed by atoms with van der Waals surface area (Å²) in [5.74, 6) is 1.04. The van der Waals surface area contributed by atoms with Gasteiger partial charge in [-0.15, -0.1) is 0 Å². The zero-order valence-electron chi connectivity index (χ0n) is 14.7. The fourth-order valence-corrected chi connectivity index (χ4v) is 3.82. The Bertz CT molecular complexity index is 608. The molecule has 6 nitrogen and oxygen atoms in total. The van der Waals surface area contributed by atoms with Gasteiger partial charge in [-0.3, -0.25) is 4.90 Å².